The van der Waals surface area contributed by atoms with Gasteiger partial charge in [-0.05, 0) is 23.8 Å². The van der Waals surface area contributed by atoms with Crippen LogP contribution in [0.1, 0.15) is 5.56 Å². The van der Waals surface area contributed by atoms with Gasteiger partial charge in [0.15, 0.2) is 0 Å². The molecule has 0 amide bonds. The van der Waals surface area contributed by atoms with Crippen molar-refractivity contribution in [2.45, 2.75) is 17.4 Å². The van der Waals surface area contributed by atoms with Crippen LogP contribution in [0.3, 0.4) is 0 Å². The van der Waals surface area contributed by atoms with E-state index in [1.807, 2.05) is 24.3 Å². The summed E-state index contributed by atoms with van der Waals surface area (Å²) in [5.41, 5.74) is 1.53. The van der Waals surface area contributed by atoms with E-state index in [0.717, 1.165) is 10.9 Å². The number of carboxylic acids is 1. The van der Waals surface area contributed by atoms with Crippen LogP contribution in [0.25, 0.3) is 10.9 Å². The highest BCUT2D eigenvalue weighted by molar-refractivity contribution is 7.89. The van der Waals surface area contributed by atoms with Crippen LogP contribution in [0, 0.1) is 0 Å². The standard InChI is InChI=1S/C17H14Cl2N2O4S/c18-12-5-3-7-15(16(12)19)26(24,25)21-14(17(22)23)8-10-9-20-13-6-2-1-4-11(10)13/h1-7,9,14,20-21H,8H2,(H,22,23)/t14-/m1/s1. The molecule has 1 heterocycles. The first kappa shape index (κ1) is 18.7. The van der Waals surface area contributed by atoms with Gasteiger partial charge in [-0.15, -0.1) is 0 Å². The zero-order chi connectivity index (χ0) is 18.9. The highest BCUT2D eigenvalue weighted by Crippen LogP contribution is 2.29. The zero-order valence-corrected chi connectivity index (χ0v) is 15.6. The molecule has 0 aliphatic heterocycles. The summed E-state index contributed by atoms with van der Waals surface area (Å²) in [5.74, 6) is -1.29. The molecule has 3 rings (SSSR count). The molecule has 0 fully saturated rings. The minimum Gasteiger partial charge on any atom is -0.480 e. The summed E-state index contributed by atoms with van der Waals surface area (Å²) in [6.45, 7) is 0. The van der Waals surface area contributed by atoms with Crippen molar-refractivity contribution in [2.24, 2.45) is 0 Å². The van der Waals surface area contributed by atoms with Gasteiger partial charge in [0.2, 0.25) is 10.0 Å². The number of halogens is 2. The fourth-order valence-corrected chi connectivity index (χ4v) is 4.59. The quantitative estimate of drug-likeness (QED) is 0.577. The molecule has 0 radical (unpaired) electrons. The monoisotopic (exact) mass is 412 g/mol. The van der Waals surface area contributed by atoms with Crippen molar-refractivity contribution in [3.05, 3.63) is 64.3 Å². The Morgan fingerprint density at radius 3 is 2.62 bits per heavy atom. The first-order chi connectivity index (χ1) is 12.3. The molecule has 0 saturated carbocycles. The molecule has 136 valence electrons. The van der Waals surface area contributed by atoms with Gasteiger partial charge in [0, 0.05) is 23.5 Å². The van der Waals surface area contributed by atoms with Crippen molar-refractivity contribution >= 4 is 50.1 Å². The zero-order valence-electron chi connectivity index (χ0n) is 13.2. The Morgan fingerprint density at radius 2 is 1.88 bits per heavy atom. The smallest absolute Gasteiger partial charge is 0.322 e. The first-order valence-corrected chi connectivity index (χ1v) is 9.77. The lowest BCUT2D eigenvalue weighted by atomic mass is 10.1. The molecule has 9 heteroatoms. The topological polar surface area (TPSA) is 99.3 Å². The second-order valence-electron chi connectivity index (χ2n) is 5.63. The maximum atomic E-state index is 12.6. The molecule has 6 nitrogen and oxygen atoms in total. The number of sulfonamides is 1. The van der Waals surface area contributed by atoms with Crippen LogP contribution < -0.4 is 4.72 Å². The molecule has 1 atom stereocenters. The highest BCUT2D eigenvalue weighted by Gasteiger charge is 2.28. The largest absolute Gasteiger partial charge is 0.480 e. The maximum Gasteiger partial charge on any atom is 0.322 e. The van der Waals surface area contributed by atoms with E-state index in [9.17, 15) is 18.3 Å². The van der Waals surface area contributed by atoms with E-state index in [1.165, 1.54) is 18.2 Å². The Morgan fingerprint density at radius 1 is 1.15 bits per heavy atom. The van der Waals surface area contributed by atoms with Gasteiger partial charge in [0.1, 0.15) is 10.9 Å². The van der Waals surface area contributed by atoms with Gasteiger partial charge < -0.3 is 10.1 Å². The van der Waals surface area contributed by atoms with Crippen molar-refractivity contribution in [1.82, 2.24) is 9.71 Å². The summed E-state index contributed by atoms with van der Waals surface area (Å²) < 4.78 is 27.4. The van der Waals surface area contributed by atoms with Gasteiger partial charge >= 0.3 is 5.97 Å². The van der Waals surface area contributed by atoms with Crippen molar-refractivity contribution in [3.8, 4) is 0 Å². The average molecular weight is 413 g/mol. The fraction of sp³-hybridized carbons (Fsp3) is 0.118. The van der Waals surface area contributed by atoms with Gasteiger partial charge in [-0.1, -0.05) is 47.5 Å². The minimum absolute atomic E-state index is 0.0310. The van der Waals surface area contributed by atoms with Crippen LogP contribution in [-0.2, 0) is 21.2 Å². The Hall–Kier alpha value is -2.06. The fourth-order valence-electron chi connectivity index (χ4n) is 2.64. The number of carbonyl (C=O) groups is 1. The number of aromatic nitrogens is 1. The summed E-state index contributed by atoms with van der Waals surface area (Å²) in [4.78, 5) is 14.4. The molecule has 0 spiro atoms. The van der Waals surface area contributed by atoms with Crippen molar-refractivity contribution in [1.29, 1.82) is 0 Å². The number of H-pyrrole nitrogens is 1. The number of para-hydroxylation sites is 1. The van der Waals surface area contributed by atoms with E-state index in [-0.39, 0.29) is 21.4 Å². The summed E-state index contributed by atoms with van der Waals surface area (Å²) in [7, 11) is -4.17. The lowest BCUT2D eigenvalue weighted by molar-refractivity contribution is -0.138. The van der Waals surface area contributed by atoms with Crippen LogP contribution in [0.4, 0.5) is 0 Å². The van der Waals surface area contributed by atoms with Crippen LogP contribution in [0.5, 0.6) is 0 Å². The number of aromatic amines is 1. The second-order valence-corrected chi connectivity index (χ2v) is 8.10. The Bertz CT molecular complexity index is 1080. The average Bonchev–Trinajstić information content (AvgIpc) is 2.99. The number of hydrogen-bond acceptors (Lipinski definition) is 3. The third-order valence-electron chi connectivity index (χ3n) is 3.90. The van der Waals surface area contributed by atoms with Crippen molar-refractivity contribution < 1.29 is 18.3 Å². The molecule has 0 saturated heterocycles. The van der Waals surface area contributed by atoms with Gasteiger partial charge in [-0.2, -0.15) is 4.72 Å². The molecule has 1 aromatic heterocycles. The molecule has 0 unspecified atom stereocenters. The van der Waals surface area contributed by atoms with Gasteiger partial charge in [0.25, 0.3) is 0 Å². The molecule has 2 aromatic carbocycles. The normalized spacial score (nSPS) is 13.0. The molecule has 3 aromatic rings. The summed E-state index contributed by atoms with van der Waals surface area (Å²) in [6, 6.07) is 10.1. The van der Waals surface area contributed by atoms with E-state index in [0.29, 0.717) is 5.56 Å². The predicted molar refractivity (Wildman–Crippen MR) is 100 cm³/mol. The third-order valence-corrected chi connectivity index (χ3v) is 6.35. The van der Waals surface area contributed by atoms with Crippen molar-refractivity contribution in [2.75, 3.05) is 0 Å². The molecule has 0 aliphatic rings. The first-order valence-electron chi connectivity index (χ1n) is 7.54. The number of benzene rings is 2. The van der Waals surface area contributed by atoms with E-state index in [2.05, 4.69) is 9.71 Å². The summed E-state index contributed by atoms with van der Waals surface area (Å²) in [5, 5.41) is 10.2. The minimum atomic E-state index is -4.17. The lowest BCUT2D eigenvalue weighted by Crippen LogP contribution is -2.42. The summed E-state index contributed by atoms with van der Waals surface area (Å²) in [6.07, 6.45) is 1.64. The van der Waals surface area contributed by atoms with Crippen LogP contribution >= 0.6 is 23.2 Å². The number of carboxylic acid groups (broad SMARTS) is 1. The maximum absolute atomic E-state index is 12.6. The molecular weight excluding hydrogens is 399 g/mol. The Kier molecular flexibility index (Phi) is 5.24. The van der Waals surface area contributed by atoms with Crippen LogP contribution in [-0.4, -0.2) is 30.5 Å². The van der Waals surface area contributed by atoms with Gasteiger partial charge in [-0.25, -0.2) is 8.42 Å². The molecule has 26 heavy (non-hydrogen) atoms. The molecular formula is C17H14Cl2N2O4S. The lowest BCUT2D eigenvalue weighted by Gasteiger charge is -2.15. The number of fused-ring (bicyclic) bond motifs is 1. The number of nitrogens with one attached hydrogen (secondary N) is 2. The van der Waals surface area contributed by atoms with E-state index in [1.54, 1.807) is 6.20 Å². The van der Waals surface area contributed by atoms with E-state index < -0.39 is 22.0 Å². The van der Waals surface area contributed by atoms with Crippen molar-refractivity contribution in [3.63, 3.8) is 0 Å². The van der Waals surface area contributed by atoms with Gasteiger partial charge in [0.05, 0.1) is 10.0 Å². The predicted octanol–water partition coefficient (Wildman–Crippen LogP) is 3.45. The second kappa shape index (κ2) is 7.28. The van der Waals surface area contributed by atoms with E-state index in [4.69, 9.17) is 23.2 Å². The molecule has 0 bridgehead atoms. The number of rotatable bonds is 6. The number of aliphatic carboxylic acids is 1. The van der Waals surface area contributed by atoms with Crippen LogP contribution in [0.2, 0.25) is 10.0 Å². The molecule has 0 aliphatic carbocycles. The third kappa shape index (κ3) is 3.71. The Balaban J connectivity index is 1.91. The number of hydrogen-bond donors (Lipinski definition) is 3. The Labute approximate surface area is 159 Å². The SMILES string of the molecule is O=C(O)[C@@H](Cc1c[nH]c2ccccc12)NS(=O)(=O)c1cccc(Cl)c1Cl. The van der Waals surface area contributed by atoms with Gasteiger partial charge in [-0.3, -0.25) is 4.79 Å². The van der Waals surface area contributed by atoms with Crippen LogP contribution in [0.15, 0.2) is 53.6 Å². The molecule has 3 N–H and O–H groups in total. The van der Waals surface area contributed by atoms with E-state index >= 15 is 0 Å². The summed E-state index contributed by atoms with van der Waals surface area (Å²) >= 11 is 11.8. The highest BCUT2D eigenvalue weighted by atomic mass is 35.5.